The van der Waals surface area contributed by atoms with Crippen LogP contribution in [0.5, 0.6) is 11.5 Å². The lowest BCUT2D eigenvalue weighted by atomic mass is 9.82. The van der Waals surface area contributed by atoms with E-state index in [2.05, 4.69) is 12.0 Å². The number of carboxylic acid groups (broad SMARTS) is 1. The Morgan fingerprint density at radius 3 is 2.33 bits per heavy atom. The lowest BCUT2D eigenvalue weighted by Gasteiger charge is -2.32. The van der Waals surface area contributed by atoms with E-state index in [9.17, 15) is 14.7 Å². The maximum absolute atomic E-state index is 13.5. The highest BCUT2D eigenvalue weighted by Crippen LogP contribution is 2.35. The van der Waals surface area contributed by atoms with Crippen molar-refractivity contribution >= 4 is 17.9 Å². The van der Waals surface area contributed by atoms with Crippen LogP contribution < -0.4 is 14.4 Å². The van der Waals surface area contributed by atoms with Gasteiger partial charge < -0.3 is 14.6 Å². The molecule has 0 radical (unpaired) electrons. The number of nitrogens with zero attached hydrogens (tertiary/aromatic N) is 3. The van der Waals surface area contributed by atoms with Gasteiger partial charge in [-0.3, -0.25) is 9.69 Å². The molecule has 8 nitrogen and oxygen atoms in total. The third-order valence-corrected chi connectivity index (χ3v) is 6.56. The lowest BCUT2D eigenvalue weighted by Crippen LogP contribution is -2.42. The molecule has 1 saturated carbocycles. The molecule has 0 unspecified atom stereocenters. The number of aromatic nitrogens is 2. The van der Waals surface area contributed by atoms with E-state index in [0.29, 0.717) is 24.0 Å². The molecule has 1 aliphatic rings. The van der Waals surface area contributed by atoms with Gasteiger partial charge in [-0.05, 0) is 75.3 Å². The fraction of sp³-hybridized carbons (Fsp3) is 0.393. The zero-order chi connectivity index (χ0) is 25.7. The van der Waals surface area contributed by atoms with Crippen molar-refractivity contribution < 1.29 is 24.2 Å². The third-order valence-electron chi connectivity index (χ3n) is 6.56. The molecule has 0 atom stereocenters. The van der Waals surface area contributed by atoms with E-state index < -0.39 is 6.16 Å². The minimum Gasteiger partial charge on any atom is -0.489 e. The van der Waals surface area contributed by atoms with Gasteiger partial charge in [-0.1, -0.05) is 37.3 Å². The van der Waals surface area contributed by atoms with Gasteiger partial charge in [0.1, 0.15) is 12.4 Å². The fourth-order valence-electron chi connectivity index (χ4n) is 4.56. The molecule has 1 N–H and O–H groups in total. The molecule has 1 heterocycles. The molecule has 1 fully saturated rings. The van der Waals surface area contributed by atoms with Crippen LogP contribution in [0, 0.1) is 11.8 Å². The first-order chi connectivity index (χ1) is 17.3. The molecule has 36 heavy (non-hydrogen) atoms. The molecular formula is C28H33N3O5. The smallest absolute Gasteiger partial charge is 0.489 e. The summed E-state index contributed by atoms with van der Waals surface area (Å²) in [5.74, 6) is 1.40. The molecule has 0 saturated heterocycles. The van der Waals surface area contributed by atoms with Gasteiger partial charge in [0, 0.05) is 12.0 Å². The molecular weight excluding hydrogens is 458 g/mol. The summed E-state index contributed by atoms with van der Waals surface area (Å²) in [6.07, 6.45) is 3.70. The molecule has 4 rings (SSSR count). The minimum absolute atomic E-state index is 0.0260. The van der Waals surface area contributed by atoms with Crippen molar-refractivity contribution in [3.05, 3.63) is 66.4 Å². The minimum atomic E-state index is -1.46. The first-order valence-corrected chi connectivity index (χ1v) is 12.4. The normalized spacial score (nSPS) is 17.6. The highest BCUT2D eigenvalue weighted by Gasteiger charge is 2.34. The average Bonchev–Trinajstić information content (AvgIpc) is 3.26. The van der Waals surface area contributed by atoms with E-state index in [1.165, 1.54) is 10.9 Å². The second-order valence-corrected chi connectivity index (χ2v) is 9.66. The van der Waals surface area contributed by atoms with Crippen molar-refractivity contribution in [2.24, 2.45) is 11.8 Å². The van der Waals surface area contributed by atoms with E-state index in [-0.39, 0.29) is 29.4 Å². The third kappa shape index (κ3) is 6.05. The maximum Gasteiger partial charge on any atom is 0.511 e. The van der Waals surface area contributed by atoms with Crippen molar-refractivity contribution in [3.8, 4) is 17.2 Å². The van der Waals surface area contributed by atoms with Crippen LogP contribution in [0.1, 0.15) is 52.0 Å². The van der Waals surface area contributed by atoms with Crippen LogP contribution in [-0.2, 0) is 11.4 Å². The number of carbonyl (C=O) groups excluding carboxylic acids is 1. The van der Waals surface area contributed by atoms with Gasteiger partial charge >= 0.3 is 6.16 Å². The molecule has 8 heteroatoms. The predicted octanol–water partition coefficient (Wildman–Crippen LogP) is 6.08. The van der Waals surface area contributed by atoms with E-state index in [1.807, 2.05) is 68.4 Å². The molecule has 190 valence electrons. The monoisotopic (exact) mass is 491 g/mol. The number of amides is 1. The van der Waals surface area contributed by atoms with Crippen LogP contribution in [0.25, 0.3) is 5.69 Å². The van der Waals surface area contributed by atoms with Gasteiger partial charge in [0.25, 0.3) is 0 Å². The standard InChI is InChI=1S/C28H33N3O5/c1-19(2)31(27(32)22-11-9-20(3)10-12-22)26-25(36-28(33)34)17-30(29-26)23-13-15-24(16-14-23)35-18-21-7-5-4-6-8-21/h4-8,13-17,19-20,22H,9-12,18H2,1-3H3,(H,33,34). The second kappa shape index (κ2) is 11.3. The first-order valence-electron chi connectivity index (χ1n) is 12.4. The Morgan fingerprint density at radius 1 is 1.06 bits per heavy atom. The van der Waals surface area contributed by atoms with E-state index >= 15 is 0 Å². The van der Waals surface area contributed by atoms with Crippen LogP contribution in [-0.4, -0.2) is 33.0 Å². The number of ether oxygens (including phenoxy) is 2. The number of rotatable bonds is 8. The molecule has 1 aromatic heterocycles. The summed E-state index contributed by atoms with van der Waals surface area (Å²) in [6.45, 7) is 6.45. The Labute approximate surface area is 211 Å². The second-order valence-electron chi connectivity index (χ2n) is 9.66. The SMILES string of the molecule is CC1CCC(C(=O)N(c2nn(-c3ccc(OCc4ccccc4)cc3)cc2OC(=O)O)C(C)C)CC1. The number of hydrogen-bond acceptors (Lipinski definition) is 5. The van der Waals surface area contributed by atoms with Crippen molar-refractivity contribution in [2.75, 3.05) is 4.90 Å². The van der Waals surface area contributed by atoms with Crippen molar-refractivity contribution in [1.82, 2.24) is 9.78 Å². The van der Waals surface area contributed by atoms with Crippen LogP contribution in [0.15, 0.2) is 60.8 Å². The van der Waals surface area contributed by atoms with Gasteiger partial charge in [0.15, 0.2) is 5.75 Å². The number of hydrogen-bond donors (Lipinski definition) is 1. The van der Waals surface area contributed by atoms with Crippen LogP contribution in [0.2, 0.25) is 0 Å². The van der Waals surface area contributed by atoms with E-state index in [1.54, 1.807) is 4.90 Å². The van der Waals surface area contributed by atoms with Gasteiger partial charge in [-0.2, -0.15) is 0 Å². The number of carbonyl (C=O) groups is 2. The van der Waals surface area contributed by atoms with Gasteiger partial charge in [-0.15, -0.1) is 5.10 Å². The summed E-state index contributed by atoms with van der Waals surface area (Å²) in [6, 6.07) is 17.0. The van der Waals surface area contributed by atoms with Crippen molar-refractivity contribution in [1.29, 1.82) is 0 Å². The predicted molar refractivity (Wildman–Crippen MR) is 137 cm³/mol. The van der Waals surface area contributed by atoms with Gasteiger partial charge in [0.05, 0.1) is 11.9 Å². The van der Waals surface area contributed by atoms with Gasteiger partial charge in [0.2, 0.25) is 11.7 Å². The van der Waals surface area contributed by atoms with E-state index in [4.69, 9.17) is 9.47 Å². The van der Waals surface area contributed by atoms with E-state index in [0.717, 1.165) is 31.2 Å². The average molecular weight is 492 g/mol. The quantitative estimate of drug-likeness (QED) is 0.384. The molecule has 2 aromatic carbocycles. The lowest BCUT2D eigenvalue weighted by molar-refractivity contribution is -0.124. The molecule has 1 aliphatic carbocycles. The Kier molecular flexibility index (Phi) is 7.93. The Bertz CT molecular complexity index is 1170. The topological polar surface area (TPSA) is 93.9 Å². The summed E-state index contributed by atoms with van der Waals surface area (Å²) in [5.41, 5.74) is 1.76. The Balaban J connectivity index is 1.57. The van der Waals surface area contributed by atoms with Crippen molar-refractivity contribution in [3.63, 3.8) is 0 Å². The molecule has 0 bridgehead atoms. The number of benzene rings is 2. The summed E-state index contributed by atoms with van der Waals surface area (Å²) >= 11 is 0. The summed E-state index contributed by atoms with van der Waals surface area (Å²) in [5, 5.41) is 13.9. The molecule has 1 amide bonds. The summed E-state index contributed by atoms with van der Waals surface area (Å²) < 4.78 is 12.4. The highest BCUT2D eigenvalue weighted by atomic mass is 16.7. The summed E-state index contributed by atoms with van der Waals surface area (Å²) in [7, 11) is 0. The van der Waals surface area contributed by atoms with Gasteiger partial charge in [-0.25, -0.2) is 9.48 Å². The summed E-state index contributed by atoms with van der Waals surface area (Å²) in [4.78, 5) is 26.5. The van der Waals surface area contributed by atoms with Crippen LogP contribution >= 0.6 is 0 Å². The number of anilines is 1. The highest BCUT2D eigenvalue weighted by molar-refractivity contribution is 5.96. The molecule has 0 spiro atoms. The Hall–Kier alpha value is -3.81. The first kappa shape index (κ1) is 25.3. The van der Waals surface area contributed by atoms with Crippen LogP contribution in [0.4, 0.5) is 10.6 Å². The molecule has 3 aromatic rings. The zero-order valence-corrected chi connectivity index (χ0v) is 21.0. The van der Waals surface area contributed by atoms with Crippen molar-refractivity contribution in [2.45, 2.75) is 59.1 Å². The zero-order valence-electron chi connectivity index (χ0n) is 21.0. The fourth-order valence-corrected chi connectivity index (χ4v) is 4.56. The maximum atomic E-state index is 13.5. The largest absolute Gasteiger partial charge is 0.511 e. The Morgan fingerprint density at radius 2 is 1.72 bits per heavy atom. The van der Waals surface area contributed by atoms with Crippen LogP contribution in [0.3, 0.4) is 0 Å². The molecule has 0 aliphatic heterocycles.